The normalized spacial score (nSPS) is 11.4. The van der Waals surface area contributed by atoms with Crippen molar-refractivity contribution in [2.24, 2.45) is 0 Å². The second-order valence-electron chi connectivity index (χ2n) is 6.81. The molecule has 28 heavy (non-hydrogen) atoms. The van der Waals surface area contributed by atoms with E-state index in [9.17, 15) is 20.2 Å². The summed E-state index contributed by atoms with van der Waals surface area (Å²) >= 11 is 0. The van der Waals surface area contributed by atoms with Gasteiger partial charge in [-0.15, -0.1) is 0 Å². The number of rotatable bonds is 3. The van der Waals surface area contributed by atoms with Crippen molar-refractivity contribution in [2.45, 2.75) is 27.7 Å². The topological polar surface area (TPSA) is 144 Å². The number of aromatic amines is 2. The highest BCUT2D eigenvalue weighted by Gasteiger charge is 2.25. The molecule has 2 N–H and O–H groups in total. The van der Waals surface area contributed by atoms with Gasteiger partial charge in [-0.2, -0.15) is 0 Å². The Morgan fingerprint density at radius 1 is 0.750 bits per heavy atom. The van der Waals surface area contributed by atoms with Gasteiger partial charge in [0.05, 0.1) is 20.9 Å². The van der Waals surface area contributed by atoms with E-state index in [1.54, 1.807) is 39.8 Å². The van der Waals surface area contributed by atoms with Crippen LogP contribution in [0.5, 0.6) is 0 Å². The minimum Gasteiger partial charge on any atom is -0.335 e. The Labute approximate surface area is 157 Å². The van der Waals surface area contributed by atoms with Gasteiger partial charge in [-0.05, 0) is 51.0 Å². The number of nitrogens with one attached hydrogen (secondary N) is 2. The zero-order chi connectivity index (χ0) is 20.3. The maximum absolute atomic E-state index is 11.5. The summed E-state index contributed by atoms with van der Waals surface area (Å²) in [7, 11) is 0. The number of hydrogen-bond donors (Lipinski definition) is 2. The molecule has 0 saturated carbocycles. The molecule has 2 heterocycles. The Bertz CT molecular complexity index is 1220. The molecule has 4 aromatic rings. The molecule has 10 heteroatoms. The monoisotopic (exact) mass is 380 g/mol. The number of fused-ring (bicyclic) bond motifs is 2. The Hall–Kier alpha value is -3.82. The van der Waals surface area contributed by atoms with E-state index < -0.39 is 9.85 Å². The van der Waals surface area contributed by atoms with Crippen molar-refractivity contribution in [1.29, 1.82) is 0 Å². The first kappa shape index (κ1) is 17.6. The number of imidazole rings is 2. The Kier molecular flexibility index (Phi) is 3.67. The second-order valence-corrected chi connectivity index (χ2v) is 6.81. The average molecular weight is 380 g/mol. The molecule has 0 unspecified atom stereocenters. The van der Waals surface area contributed by atoms with Crippen LogP contribution in [0.4, 0.5) is 11.4 Å². The molecule has 0 aliphatic carbocycles. The smallest absolute Gasteiger partial charge is 0.300 e. The zero-order valence-corrected chi connectivity index (χ0v) is 15.6. The summed E-state index contributed by atoms with van der Waals surface area (Å²) in [5.74, 6) is 0.563. The van der Waals surface area contributed by atoms with Crippen molar-refractivity contribution in [3.63, 3.8) is 0 Å². The van der Waals surface area contributed by atoms with Crippen LogP contribution >= 0.6 is 0 Å². The van der Waals surface area contributed by atoms with Crippen molar-refractivity contribution in [1.82, 2.24) is 19.9 Å². The lowest BCUT2D eigenvalue weighted by Crippen LogP contribution is -1.95. The number of nitrogens with zero attached hydrogens (tertiary/aromatic N) is 4. The number of hydrogen-bond acceptors (Lipinski definition) is 6. The molecule has 0 bridgehead atoms. The standard InChI is InChI=1S/C18H16N6O4/c1-7-5-11-13(15(9(7)3)23(25)26)21-17(19-11)18-20-12-6-8(2)10(4)16(24(27)28)14(12)22-18/h5-6H,1-4H3,(H,19,21)(H,20,22). The first-order valence-corrected chi connectivity index (χ1v) is 8.48. The van der Waals surface area contributed by atoms with Gasteiger partial charge in [0.15, 0.2) is 22.7 Å². The largest absolute Gasteiger partial charge is 0.335 e. The van der Waals surface area contributed by atoms with Crippen LogP contribution in [0.1, 0.15) is 22.3 Å². The molecule has 0 spiro atoms. The number of aryl methyl sites for hydroxylation is 2. The van der Waals surface area contributed by atoms with E-state index in [0.717, 1.165) is 11.1 Å². The predicted molar refractivity (Wildman–Crippen MR) is 103 cm³/mol. The fourth-order valence-electron chi connectivity index (χ4n) is 3.39. The molecule has 0 fully saturated rings. The van der Waals surface area contributed by atoms with Gasteiger partial charge in [-0.25, -0.2) is 9.97 Å². The van der Waals surface area contributed by atoms with E-state index in [1.165, 1.54) is 0 Å². The van der Waals surface area contributed by atoms with Crippen LogP contribution in [-0.2, 0) is 0 Å². The van der Waals surface area contributed by atoms with Gasteiger partial charge in [0.25, 0.3) is 11.4 Å². The van der Waals surface area contributed by atoms with Gasteiger partial charge in [-0.3, -0.25) is 20.2 Å². The fourth-order valence-corrected chi connectivity index (χ4v) is 3.39. The highest BCUT2D eigenvalue weighted by atomic mass is 16.6. The third kappa shape index (κ3) is 2.42. The second kappa shape index (κ2) is 5.84. The molecule has 0 radical (unpaired) electrons. The van der Waals surface area contributed by atoms with Crippen molar-refractivity contribution < 1.29 is 9.85 Å². The van der Waals surface area contributed by atoms with E-state index in [2.05, 4.69) is 19.9 Å². The molecule has 2 aromatic carbocycles. The van der Waals surface area contributed by atoms with Crippen LogP contribution in [0.2, 0.25) is 0 Å². The first-order valence-electron chi connectivity index (χ1n) is 8.48. The Morgan fingerprint density at radius 3 is 1.43 bits per heavy atom. The lowest BCUT2D eigenvalue weighted by Gasteiger charge is -2.01. The molecule has 142 valence electrons. The number of H-pyrrole nitrogens is 2. The zero-order valence-electron chi connectivity index (χ0n) is 15.6. The third-order valence-corrected chi connectivity index (χ3v) is 5.12. The van der Waals surface area contributed by atoms with E-state index in [4.69, 9.17) is 0 Å². The maximum Gasteiger partial charge on any atom is 0.300 e. The maximum atomic E-state index is 11.5. The van der Waals surface area contributed by atoms with Crippen molar-refractivity contribution in [2.75, 3.05) is 0 Å². The third-order valence-electron chi connectivity index (χ3n) is 5.12. The van der Waals surface area contributed by atoms with Crippen LogP contribution < -0.4 is 0 Å². The highest BCUT2D eigenvalue weighted by molar-refractivity contribution is 5.92. The van der Waals surface area contributed by atoms with Crippen molar-refractivity contribution in [3.05, 3.63) is 54.6 Å². The summed E-state index contributed by atoms with van der Waals surface area (Å²) in [6.45, 7) is 6.94. The average Bonchev–Trinajstić information content (AvgIpc) is 3.19. The molecule has 10 nitrogen and oxygen atoms in total. The fraction of sp³-hybridized carbons (Fsp3) is 0.222. The van der Waals surface area contributed by atoms with Gasteiger partial charge in [0.2, 0.25) is 0 Å². The Morgan fingerprint density at radius 2 is 1.11 bits per heavy atom. The van der Waals surface area contributed by atoms with Gasteiger partial charge in [-0.1, -0.05) is 0 Å². The van der Waals surface area contributed by atoms with E-state index >= 15 is 0 Å². The molecule has 0 aliphatic heterocycles. The molecule has 0 amide bonds. The number of benzene rings is 2. The van der Waals surface area contributed by atoms with Gasteiger partial charge in [0, 0.05) is 11.1 Å². The first-order chi connectivity index (χ1) is 13.2. The summed E-state index contributed by atoms with van der Waals surface area (Å²) < 4.78 is 0. The van der Waals surface area contributed by atoms with Crippen molar-refractivity contribution >= 4 is 33.4 Å². The highest BCUT2D eigenvalue weighted by Crippen LogP contribution is 2.34. The predicted octanol–water partition coefficient (Wildman–Crippen LogP) is 4.16. The molecular weight excluding hydrogens is 364 g/mol. The minimum absolute atomic E-state index is 0.0636. The van der Waals surface area contributed by atoms with Crippen LogP contribution in [-0.4, -0.2) is 29.8 Å². The molecule has 0 aliphatic rings. The lowest BCUT2D eigenvalue weighted by atomic mass is 10.1. The summed E-state index contributed by atoms with van der Waals surface area (Å²) in [5.41, 5.74) is 3.96. The molecule has 2 aromatic heterocycles. The minimum atomic E-state index is -0.453. The number of aromatic nitrogens is 4. The van der Waals surface area contributed by atoms with Gasteiger partial charge >= 0.3 is 0 Å². The summed E-state index contributed by atoms with van der Waals surface area (Å²) in [5, 5.41) is 23.0. The van der Waals surface area contributed by atoms with Crippen LogP contribution in [0.15, 0.2) is 12.1 Å². The molecular formula is C18H16N6O4. The summed E-state index contributed by atoms with van der Waals surface area (Å²) in [6.07, 6.45) is 0. The SMILES string of the molecule is Cc1cc2[nH]c(-c3nc4c([N+](=O)[O-])c(C)c(C)cc4[nH]3)nc2c([N+](=O)[O-])c1C. The van der Waals surface area contributed by atoms with Gasteiger partial charge < -0.3 is 9.97 Å². The van der Waals surface area contributed by atoms with Crippen molar-refractivity contribution in [3.8, 4) is 11.6 Å². The lowest BCUT2D eigenvalue weighted by molar-refractivity contribution is -0.383. The van der Waals surface area contributed by atoms with E-state index in [0.29, 0.717) is 22.2 Å². The van der Waals surface area contributed by atoms with E-state index in [1.807, 2.05) is 0 Å². The quantitative estimate of drug-likeness (QED) is 0.403. The Balaban J connectivity index is 2.00. The molecule has 4 rings (SSSR count). The molecule has 0 saturated heterocycles. The number of nitro benzene ring substituents is 2. The van der Waals surface area contributed by atoms with Crippen LogP contribution in [0.25, 0.3) is 33.7 Å². The van der Waals surface area contributed by atoms with E-state index in [-0.39, 0.29) is 34.1 Å². The molecule has 0 atom stereocenters. The van der Waals surface area contributed by atoms with Crippen LogP contribution in [0, 0.1) is 47.9 Å². The summed E-state index contributed by atoms with van der Waals surface area (Å²) in [6, 6.07) is 3.57. The summed E-state index contributed by atoms with van der Waals surface area (Å²) in [4.78, 5) is 36.9. The number of nitro groups is 2. The van der Waals surface area contributed by atoms with Gasteiger partial charge in [0.1, 0.15) is 0 Å². The van der Waals surface area contributed by atoms with Crippen LogP contribution in [0.3, 0.4) is 0 Å².